The lowest BCUT2D eigenvalue weighted by molar-refractivity contribution is -0.128. The fraction of sp³-hybridized carbons (Fsp3) is 0.308. The van der Waals surface area contributed by atoms with E-state index in [1.54, 1.807) is 11.4 Å². The van der Waals surface area contributed by atoms with E-state index in [0.717, 1.165) is 5.39 Å². The van der Waals surface area contributed by atoms with E-state index >= 15 is 0 Å². The van der Waals surface area contributed by atoms with E-state index in [9.17, 15) is 14.3 Å². The minimum Gasteiger partial charge on any atom is -0.504 e. The van der Waals surface area contributed by atoms with Crippen LogP contribution in [0.3, 0.4) is 0 Å². The molecule has 1 amide bonds. The second-order valence-corrected chi connectivity index (χ2v) is 5.12. The standard InChI is InChI=1S/C13H14FNO3S/c1-7(13(15)17)18-4-2-8-6-9-3-5-19-12(9)11(16)10(8)14/h3,5-7,16H,2,4H2,1H3,(H2,15,17). The molecule has 19 heavy (non-hydrogen) atoms. The fourth-order valence-corrected chi connectivity index (χ4v) is 2.55. The third kappa shape index (κ3) is 2.85. The monoisotopic (exact) mass is 283 g/mol. The van der Waals surface area contributed by atoms with Crippen LogP contribution in [0.4, 0.5) is 4.39 Å². The summed E-state index contributed by atoms with van der Waals surface area (Å²) in [6, 6.07) is 3.49. The first kappa shape index (κ1) is 13.8. The number of thiophene rings is 1. The molecule has 0 radical (unpaired) electrons. The number of rotatable bonds is 5. The van der Waals surface area contributed by atoms with E-state index in [2.05, 4.69) is 0 Å². The summed E-state index contributed by atoms with van der Waals surface area (Å²) in [6.07, 6.45) is -0.440. The number of carbonyl (C=O) groups is 1. The van der Waals surface area contributed by atoms with Crippen LogP contribution in [-0.2, 0) is 16.0 Å². The molecular formula is C13H14FNO3S. The van der Waals surface area contributed by atoms with E-state index in [1.807, 2.05) is 6.07 Å². The largest absolute Gasteiger partial charge is 0.504 e. The van der Waals surface area contributed by atoms with Gasteiger partial charge >= 0.3 is 0 Å². The molecule has 6 heteroatoms. The van der Waals surface area contributed by atoms with Crippen LogP contribution >= 0.6 is 11.3 Å². The van der Waals surface area contributed by atoms with Gasteiger partial charge in [0.05, 0.1) is 11.3 Å². The maximum absolute atomic E-state index is 13.9. The molecule has 1 aromatic carbocycles. The number of fused-ring (bicyclic) bond motifs is 1. The summed E-state index contributed by atoms with van der Waals surface area (Å²) in [5, 5.41) is 12.3. The fourth-order valence-electron chi connectivity index (χ4n) is 1.74. The molecule has 1 heterocycles. The average Bonchev–Trinajstić information content (AvgIpc) is 2.83. The van der Waals surface area contributed by atoms with Crippen molar-refractivity contribution in [3.05, 3.63) is 28.9 Å². The summed E-state index contributed by atoms with van der Waals surface area (Å²) >= 11 is 1.29. The molecule has 2 aromatic rings. The highest BCUT2D eigenvalue weighted by atomic mass is 32.1. The number of halogens is 1. The van der Waals surface area contributed by atoms with Crippen molar-refractivity contribution >= 4 is 27.3 Å². The van der Waals surface area contributed by atoms with Gasteiger partial charge in [0.15, 0.2) is 11.6 Å². The topological polar surface area (TPSA) is 72.6 Å². The van der Waals surface area contributed by atoms with E-state index in [1.165, 1.54) is 18.3 Å². The number of benzene rings is 1. The Morgan fingerprint density at radius 1 is 1.63 bits per heavy atom. The predicted molar refractivity (Wildman–Crippen MR) is 71.8 cm³/mol. The molecule has 2 rings (SSSR count). The van der Waals surface area contributed by atoms with Crippen LogP contribution < -0.4 is 5.73 Å². The van der Waals surface area contributed by atoms with Crippen molar-refractivity contribution in [3.63, 3.8) is 0 Å². The minimum atomic E-state index is -0.707. The van der Waals surface area contributed by atoms with Crippen LogP contribution in [-0.4, -0.2) is 23.7 Å². The van der Waals surface area contributed by atoms with E-state index < -0.39 is 17.8 Å². The maximum atomic E-state index is 13.9. The highest BCUT2D eigenvalue weighted by Gasteiger charge is 2.14. The predicted octanol–water partition coefficient (Wildman–Crippen LogP) is 2.18. The highest BCUT2D eigenvalue weighted by Crippen LogP contribution is 2.34. The van der Waals surface area contributed by atoms with Gasteiger partial charge < -0.3 is 15.6 Å². The summed E-state index contributed by atoms with van der Waals surface area (Å²) in [7, 11) is 0. The number of hydrogen-bond acceptors (Lipinski definition) is 4. The molecule has 0 aliphatic carbocycles. The van der Waals surface area contributed by atoms with Gasteiger partial charge in [-0.15, -0.1) is 11.3 Å². The lowest BCUT2D eigenvalue weighted by Gasteiger charge is -2.10. The van der Waals surface area contributed by atoms with Crippen molar-refractivity contribution in [3.8, 4) is 5.75 Å². The molecule has 1 atom stereocenters. The van der Waals surface area contributed by atoms with E-state index in [4.69, 9.17) is 10.5 Å². The zero-order chi connectivity index (χ0) is 14.0. The van der Waals surface area contributed by atoms with Crippen LogP contribution in [0.25, 0.3) is 10.1 Å². The molecular weight excluding hydrogens is 269 g/mol. The number of phenols is 1. The quantitative estimate of drug-likeness (QED) is 0.883. The van der Waals surface area contributed by atoms with Gasteiger partial charge in [-0.3, -0.25) is 4.79 Å². The zero-order valence-corrected chi connectivity index (χ0v) is 11.2. The second kappa shape index (κ2) is 5.54. The summed E-state index contributed by atoms with van der Waals surface area (Å²) in [4.78, 5) is 10.8. The molecule has 102 valence electrons. The normalized spacial score (nSPS) is 12.7. The molecule has 4 nitrogen and oxygen atoms in total. The number of phenolic OH excluding ortho intramolecular Hbond substituents is 1. The lowest BCUT2D eigenvalue weighted by Crippen LogP contribution is -2.28. The Bertz CT molecular complexity index is 611. The molecule has 3 N–H and O–H groups in total. The zero-order valence-electron chi connectivity index (χ0n) is 10.4. The maximum Gasteiger partial charge on any atom is 0.246 e. The number of carbonyl (C=O) groups excluding carboxylic acids is 1. The third-order valence-electron chi connectivity index (χ3n) is 2.87. The Morgan fingerprint density at radius 3 is 3.05 bits per heavy atom. The second-order valence-electron chi connectivity index (χ2n) is 4.20. The molecule has 1 aromatic heterocycles. The Labute approximate surface area is 113 Å². The van der Waals surface area contributed by atoms with Gasteiger partial charge in [-0.2, -0.15) is 0 Å². The molecule has 0 bridgehead atoms. The molecule has 0 saturated heterocycles. The number of amides is 1. The van der Waals surface area contributed by atoms with Gasteiger partial charge in [-0.05, 0) is 41.8 Å². The van der Waals surface area contributed by atoms with Crippen molar-refractivity contribution in [1.29, 1.82) is 0 Å². The first-order valence-corrected chi connectivity index (χ1v) is 6.67. The van der Waals surface area contributed by atoms with Gasteiger partial charge in [0.1, 0.15) is 6.10 Å². The van der Waals surface area contributed by atoms with Crippen LogP contribution in [0.2, 0.25) is 0 Å². The summed E-state index contributed by atoms with van der Waals surface area (Å²) in [5.41, 5.74) is 5.41. The van der Waals surface area contributed by atoms with E-state index in [0.29, 0.717) is 10.3 Å². The Balaban J connectivity index is 2.12. The Hall–Kier alpha value is -1.66. The summed E-state index contributed by atoms with van der Waals surface area (Å²) < 4.78 is 19.6. The van der Waals surface area contributed by atoms with Gasteiger partial charge in [0, 0.05) is 0 Å². The smallest absolute Gasteiger partial charge is 0.246 e. The van der Waals surface area contributed by atoms with Crippen molar-refractivity contribution in [1.82, 2.24) is 0 Å². The van der Waals surface area contributed by atoms with Gasteiger partial charge in [-0.1, -0.05) is 0 Å². The molecule has 0 aliphatic rings. The number of nitrogens with two attached hydrogens (primary N) is 1. The van der Waals surface area contributed by atoms with Crippen LogP contribution in [0.5, 0.6) is 5.75 Å². The van der Waals surface area contributed by atoms with Crippen molar-refractivity contribution < 1.29 is 19.0 Å². The van der Waals surface area contributed by atoms with Gasteiger partial charge in [-0.25, -0.2) is 4.39 Å². The van der Waals surface area contributed by atoms with Crippen LogP contribution in [0.1, 0.15) is 12.5 Å². The molecule has 0 aliphatic heterocycles. The van der Waals surface area contributed by atoms with Crippen molar-refractivity contribution in [2.24, 2.45) is 5.73 Å². The Morgan fingerprint density at radius 2 is 2.37 bits per heavy atom. The summed E-state index contributed by atoms with van der Waals surface area (Å²) in [5.74, 6) is -1.52. The first-order chi connectivity index (χ1) is 9.00. The van der Waals surface area contributed by atoms with Crippen molar-refractivity contribution in [2.75, 3.05) is 6.61 Å². The molecule has 1 unspecified atom stereocenters. The number of aromatic hydroxyl groups is 1. The average molecular weight is 283 g/mol. The lowest BCUT2D eigenvalue weighted by atomic mass is 10.1. The number of ether oxygens (including phenoxy) is 1. The third-order valence-corrected chi connectivity index (χ3v) is 3.81. The van der Waals surface area contributed by atoms with Gasteiger partial charge in [0.25, 0.3) is 0 Å². The minimum absolute atomic E-state index is 0.163. The molecule has 0 saturated carbocycles. The number of primary amides is 1. The highest BCUT2D eigenvalue weighted by molar-refractivity contribution is 7.17. The molecule has 0 spiro atoms. The summed E-state index contributed by atoms with van der Waals surface area (Å²) in [6.45, 7) is 1.70. The SMILES string of the molecule is CC(OCCc1cc2ccsc2c(O)c1F)C(N)=O. The number of hydrogen-bond donors (Lipinski definition) is 2. The van der Waals surface area contributed by atoms with E-state index in [-0.39, 0.29) is 18.8 Å². The van der Waals surface area contributed by atoms with Crippen LogP contribution in [0.15, 0.2) is 17.5 Å². The van der Waals surface area contributed by atoms with Crippen molar-refractivity contribution in [2.45, 2.75) is 19.4 Å². The van der Waals surface area contributed by atoms with Gasteiger partial charge in [0.2, 0.25) is 5.91 Å². The molecule has 0 fully saturated rings. The Kier molecular flexibility index (Phi) is 4.01. The van der Waals surface area contributed by atoms with Crippen LogP contribution in [0, 0.1) is 5.82 Å². The first-order valence-electron chi connectivity index (χ1n) is 5.79.